The van der Waals surface area contributed by atoms with Gasteiger partial charge in [0.15, 0.2) is 0 Å². The second-order valence-electron chi connectivity index (χ2n) is 5.11. The highest BCUT2D eigenvalue weighted by Crippen LogP contribution is 2.18. The fourth-order valence-electron chi connectivity index (χ4n) is 1.96. The van der Waals surface area contributed by atoms with Gasteiger partial charge in [-0.2, -0.15) is 0 Å². The Morgan fingerprint density at radius 2 is 2.00 bits per heavy atom. The van der Waals surface area contributed by atoms with Crippen LogP contribution in [-0.2, 0) is 16.1 Å². The van der Waals surface area contributed by atoms with Crippen molar-refractivity contribution in [1.29, 1.82) is 0 Å². The van der Waals surface area contributed by atoms with Gasteiger partial charge in [0.1, 0.15) is 10.6 Å². The van der Waals surface area contributed by atoms with E-state index < -0.39 is 9.05 Å². The molecule has 7 heteroatoms. The maximum absolute atomic E-state index is 12.0. The first-order valence-electron chi connectivity index (χ1n) is 6.03. The lowest BCUT2D eigenvalue weighted by atomic mass is 10.1. The van der Waals surface area contributed by atoms with Crippen molar-refractivity contribution < 1.29 is 13.2 Å². The van der Waals surface area contributed by atoms with Crippen LogP contribution in [0.1, 0.15) is 37.7 Å². The number of carbonyl (C=O) groups excluding carboxylic acids is 1. The maximum Gasteiger partial charge on any atom is 0.268 e. The molecular formula is C12H19ClN2O3S. The molecule has 0 fully saturated rings. The Balaban J connectivity index is 2.86. The Kier molecular flexibility index (Phi) is 5.04. The van der Waals surface area contributed by atoms with Crippen molar-refractivity contribution in [3.8, 4) is 0 Å². The first kappa shape index (κ1) is 16.0. The summed E-state index contributed by atoms with van der Waals surface area (Å²) in [4.78, 5) is 12.0. The van der Waals surface area contributed by atoms with Crippen molar-refractivity contribution in [2.45, 2.75) is 38.1 Å². The molecule has 1 amide bonds. The molecule has 0 bridgehead atoms. The highest BCUT2D eigenvalue weighted by atomic mass is 35.7. The van der Waals surface area contributed by atoms with E-state index in [1.54, 1.807) is 7.05 Å². The van der Waals surface area contributed by atoms with Crippen molar-refractivity contribution >= 4 is 25.6 Å². The molecule has 5 nitrogen and oxygen atoms in total. The van der Waals surface area contributed by atoms with Gasteiger partial charge in [0.25, 0.3) is 15.0 Å². The highest BCUT2D eigenvalue weighted by molar-refractivity contribution is 8.13. The molecule has 0 spiro atoms. The molecule has 1 atom stereocenters. The summed E-state index contributed by atoms with van der Waals surface area (Å²) in [7, 11) is 3.04. The van der Waals surface area contributed by atoms with Gasteiger partial charge in [-0.25, -0.2) is 8.42 Å². The summed E-state index contributed by atoms with van der Waals surface area (Å²) in [5.41, 5.74) is 0.273. The quantitative estimate of drug-likeness (QED) is 0.847. The minimum Gasteiger partial charge on any atom is -0.348 e. The van der Waals surface area contributed by atoms with Crippen LogP contribution >= 0.6 is 10.7 Å². The molecule has 0 saturated carbocycles. The van der Waals surface area contributed by atoms with Gasteiger partial charge in [0, 0.05) is 30.0 Å². The van der Waals surface area contributed by atoms with E-state index in [9.17, 15) is 13.2 Å². The van der Waals surface area contributed by atoms with Crippen molar-refractivity contribution in [3.63, 3.8) is 0 Å². The molecule has 0 aliphatic heterocycles. The number of carbonyl (C=O) groups is 1. The summed E-state index contributed by atoms with van der Waals surface area (Å²) in [6, 6.07) is 1.30. The Bertz CT molecular complexity index is 564. The number of nitrogens with one attached hydrogen (secondary N) is 1. The van der Waals surface area contributed by atoms with Crippen LogP contribution in [0.2, 0.25) is 0 Å². The standard InChI is InChI=1S/C12H19ClN2O3S/c1-8(2)5-9(3)14-12(16)11-6-10(7-15(11)4)19(13,17)18/h6-9H,5H2,1-4H3,(H,14,16). The smallest absolute Gasteiger partial charge is 0.268 e. The molecule has 1 unspecified atom stereocenters. The zero-order valence-corrected chi connectivity index (χ0v) is 13.0. The topological polar surface area (TPSA) is 68.2 Å². The molecule has 1 aromatic heterocycles. The van der Waals surface area contributed by atoms with Gasteiger partial charge in [0.05, 0.1) is 0 Å². The number of hydrogen-bond acceptors (Lipinski definition) is 3. The average Bonchev–Trinajstić information content (AvgIpc) is 2.58. The van der Waals surface area contributed by atoms with Crippen molar-refractivity contribution in [2.75, 3.05) is 0 Å². The second kappa shape index (κ2) is 5.96. The van der Waals surface area contributed by atoms with Gasteiger partial charge in [-0.3, -0.25) is 4.79 Å². The second-order valence-corrected chi connectivity index (χ2v) is 7.68. The molecule has 108 valence electrons. The van der Waals surface area contributed by atoms with E-state index in [1.165, 1.54) is 16.8 Å². The monoisotopic (exact) mass is 306 g/mol. The summed E-state index contributed by atoms with van der Waals surface area (Å²) < 4.78 is 23.9. The van der Waals surface area contributed by atoms with E-state index in [1.807, 2.05) is 6.92 Å². The Hall–Kier alpha value is -1.01. The normalized spacial score (nSPS) is 13.6. The van der Waals surface area contributed by atoms with Crippen LogP contribution in [0.4, 0.5) is 0 Å². The fourth-order valence-corrected chi connectivity index (χ4v) is 2.75. The highest BCUT2D eigenvalue weighted by Gasteiger charge is 2.19. The Morgan fingerprint density at radius 3 is 2.42 bits per heavy atom. The zero-order valence-electron chi connectivity index (χ0n) is 11.5. The first-order valence-corrected chi connectivity index (χ1v) is 8.34. The average molecular weight is 307 g/mol. The predicted molar refractivity (Wildman–Crippen MR) is 74.8 cm³/mol. The third-order valence-electron chi connectivity index (χ3n) is 2.70. The summed E-state index contributed by atoms with van der Waals surface area (Å²) >= 11 is 0. The molecule has 0 saturated heterocycles. The van der Waals surface area contributed by atoms with Gasteiger partial charge in [0.2, 0.25) is 0 Å². The summed E-state index contributed by atoms with van der Waals surface area (Å²) in [5.74, 6) is 0.171. The SMILES string of the molecule is CC(C)CC(C)NC(=O)c1cc(S(=O)(=O)Cl)cn1C. The van der Waals surface area contributed by atoms with Crippen LogP contribution in [0.15, 0.2) is 17.2 Å². The lowest BCUT2D eigenvalue weighted by Crippen LogP contribution is -2.34. The van der Waals surface area contributed by atoms with Gasteiger partial charge < -0.3 is 9.88 Å². The largest absolute Gasteiger partial charge is 0.348 e. The van der Waals surface area contributed by atoms with Crippen molar-refractivity contribution in [1.82, 2.24) is 9.88 Å². The van der Waals surface area contributed by atoms with Gasteiger partial charge in [-0.1, -0.05) is 13.8 Å². The third-order valence-corrected chi connectivity index (χ3v) is 4.02. The minimum atomic E-state index is -3.81. The number of rotatable bonds is 5. The molecule has 0 radical (unpaired) electrons. The molecule has 1 heterocycles. The lowest BCUT2D eigenvalue weighted by Gasteiger charge is -2.16. The molecule has 1 rings (SSSR count). The maximum atomic E-state index is 12.0. The van der Waals surface area contributed by atoms with E-state index in [0.29, 0.717) is 5.92 Å². The molecule has 1 N–H and O–H groups in total. The Labute approximate surface area is 118 Å². The van der Waals surface area contributed by atoms with E-state index >= 15 is 0 Å². The van der Waals surface area contributed by atoms with E-state index in [-0.39, 0.29) is 22.5 Å². The van der Waals surface area contributed by atoms with E-state index in [4.69, 9.17) is 10.7 Å². The minimum absolute atomic E-state index is 0.0264. The number of halogens is 1. The molecule has 0 aromatic carbocycles. The predicted octanol–water partition coefficient (Wildman–Crippen LogP) is 2.12. The van der Waals surface area contributed by atoms with Crippen LogP contribution in [0, 0.1) is 5.92 Å². The molecular weight excluding hydrogens is 288 g/mol. The van der Waals surface area contributed by atoms with Crippen LogP contribution < -0.4 is 5.32 Å². The molecule has 0 aliphatic rings. The first-order chi connectivity index (χ1) is 8.61. The zero-order chi connectivity index (χ0) is 14.8. The van der Waals surface area contributed by atoms with Gasteiger partial charge in [-0.15, -0.1) is 0 Å². The number of amides is 1. The number of hydrogen-bond donors (Lipinski definition) is 1. The van der Waals surface area contributed by atoms with Gasteiger partial charge >= 0.3 is 0 Å². The molecule has 19 heavy (non-hydrogen) atoms. The number of aromatic nitrogens is 1. The van der Waals surface area contributed by atoms with Crippen LogP contribution in [-0.4, -0.2) is 24.9 Å². The molecule has 0 aliphatic carbocycles. The number of aryl methyl sites for hydroxylation is 1. The summed E-state index contributed by atoms with van der Waals surface area (Å²) in [6.45, 7) is 6.06. The van der Waals surface area contributed by atoms with E-state index in [2.05, 4.69) is 19.2 Å². The van der Waals surface area contributed by atoms with Gasteiger partial charge in [-0.05, 0) is 25.3 Å². The lowest BCUT2D eigenvalue weighted by molar-refractivity contribution is 0.0928. The summed E-state index contributed by atoms with van der Waals surface area (Å²) in [5, 5.41) is 2.84. The van der Waals surface area contributed by atoms with Crippen LogP contribution in [0.3, 0.4) is 0 Å². The van der Waals surface area contributed by atoms with Crippen LogP contribution in [0.5, 0.6) is 0 Å². The fraction of sp³-hybridized carbons (Fsp3) is 0.583. The molecule has 1 aromatic rings. The third kappa shape index (κ3) is 4.54. The Morgan fingerprint density at radius 1 is 1.42 bits per heavy atom. The summed E-state index contributed by atoms with van der Waals surface area (Å²) in [6.07, 6.45) is 2.18. The number of nitrogens with zero attached hydrogens (tertiary/aromatic N) is 1. The van der Waals surface area contributed by atoms with Crippen molar-refractivity contribution in [3.05, 3.63) is 18.0 Å². The van der Waals surface area contributed by atoms with E-state index in [0.717, 1.165) is 6.42 Å². The van der Waals surface area contributed by atoms with Crippen molar-refractivity contribution in [2.24, 2.45) is 13.0 Å². The van der Waals surface area contributed by atoms with Crippen LogP contribution in [0.25, 0.3) is 0 Å².